The van der Waals surface area contributed by atoms with E-state index in [4.69, 9.17) is 16.6 Å². The summed E-state index contributed by atoms with van der Waals surface area (Å²) in [4.78, 5) is 6.59. The monoisotopic (exact) mass is 507 g/mol. The summed E-state index contributed by atoms with van der Waals surface area (Å²) in [5.41, 5.74) is 3.34. The summed E-state index contributed by atoms with van der Waals surface area (Å²) in [7, 11) is 0. The largest absolute Gasteiger partial charge is 0.459 e. The quantitative estimate of drug-likeness (QED) is 0.310. The van der Waals surface area contributed by atoms with E-state index in [0.717, 1.165) is 16.9 Å². The second-order valence-electron chi connectivity index (χ2n) is 7.66. The van der Waals surface area contributed by atoms with E-state index in [1.54, 1.807) is 24.4 Å². The number of hydrogen-bond donors (Lipinski definition) is 1. The highest BCUT2D eigenvalue weighted by molar-refractivity contribution is 9.10. The van der Waals surface area contributed by atoms with Gasteiger partial charge in [0.05, 0.1) is 17.3 Å². The van der Waals surface area contributed by atoms with Gasteiger partial charge in [-0.3, -0.25) is 4.98 Å². The molecule has 3 heterocycles. The molecule has 1 fully saturated rings. The Morgan fingerprint density at radius 2 is 1.94 bits per heavy atom. The molecule has 0 radical (unpaired) electrons. The molecule has 1 aliphatic rings. The molecule has 4 aromatic rings. The number of hydrogen-bond acceptors (Lipinski definition) is 3. The van der Waals surface area contributed by atoms with Crippen molar-refractivity contribution in [1.82, 2.24) is 10.3 Å². The van der Waals surface area contributed by atoms with E-state index >= 15 is 0 Å². The Balaban J connectivity index is 1.61. The summed E-state index contributed by atoms with van der Waals surface area (Å²) >= 11 is 9.04. The van der Waals surface area contributed by atoms with Crippen molar-refractivity contribution in [3.05, 3.63) is 106 Å². The van der Waals surface area contributed by atoms with Gasteiger partial charge in [0.1, 0.15) is 23.4 Å². The molecule has 1 saturated heterocycles. The molecule has 2 atom stereocenters. The Labute approximate surface area is 199 Å². The Morgan fingerprint density at radius 1 is 1.06 bits per heavy atom. The van der Waals surface area contributed by atoms with E-state index in [0.29, 0.717) is 26.7 Å². The van der Waals surface area contributed by atoms with Gasteiger partial charge < -0.3 is 14.6 Å². The summed E-state index contributed by atoms with van der Waals surface area (Å²) in [6.07, 6.45) is 1.76. The maximum atomic E-state index is 14.6. The molecule has 0 aliphatic carbocycles. The molecule has 7 heteroatoms. The fourth-order valence-corrected chi connectivity index (χ4v) is 4.72. The molecular weight excluding hydrogens is 489 g/mol. The maximum absolute atomic E-state index is 14.6. The number of furan rings is 1. The molecule has 2 aromatic carbocycles. The Bertz CT molecular complexity index is 1290. The van der Waals surface area contributed by atoms with E-state index in [1.165, 1.54) is 6.07 Å². The van der Waals surface area contributed by atoms with Crippen molar-refractivity contribution >= 4 is 38.9 Å². The number of pyridine rings is 1. The van der Waals surface area contributed by atoms with Crippen molar-refractivity contribution in [2.24, 2.45) is 0 Å². The summed E-state index contributed by atoms with van der Waals surface area (Å²) in [6.45, 7) is 2.04. The molecule has 0 unspecified atom stereocenters. The van der Waals surface area contributed by atoms with Crippen LogP contribution in [0.3, 0.4) is 0 Å². The number of benzene rings is 2. The average Bonchev–Trinajstić information content (AvgIpc) is 3.39. The predicted octanol–water partition coefficient (Wildman–Crippen LogP) is 6.73. The minimum absolute atomic E-state index is 0.224. The van der Waals surface area contributed by atoms with Crippen molar-refractivity contribution < 1.29 is 8.81 Å². The maximum Gasteiger partial charge on any atom is 0.174 e. The van der Waals surface area contributed by atoms with Crippen LogP contribution in [0, 0.1) is 12.7 Å². The zero-order valence-electron chi connectivity index (χ0n) is 17.1. The zero-order valence-corrected chi connectivity index (χ0v) is 19.5. The first-order valence-corrected chi connectivity index (χ1v) is 11.3. The van der Waals surface area contributed by atoms with Crippen LogP contribution in [-0.2, 0) is 0 Å². The molecule has 0 spiro atoms. The van der Waals surface area contributed by atoms with Gasteiger partial charge in [-0.2, -0.15) is 0 Å². The smallest absolute Gasteiger partial charge is 0.174 e. The van der Waals surface area contributed by atoms with E-state index < -0.39 is 0 Å². The van der Waals surface area contributed by atoms with E-state index in [-0.39, 0.29) is 17.9 Å². The normalized spacial score (nSPS) is 18.1. The summed E-state index contributed by atoms with van der Waals surface area (Å²) < 4.78 is 21.5. The van der Waals surface area contributed by atoms with E-state index in [2.05, 4.69) is 32.3 Å². The Morgan fingerprint density at radius 3 is 2.69 bits per heavy atom. The van der Waals surface area contributed by atoms with Gasteiger partial charge in [-0.25, -0.2) is 4.39 Å². The third-order valence-corrected chi connectivity index (χ3v) is 6.30. The zero-order chi connectivity index (χ0) is 22.2. The lowest BCUT2D eigenvalue weighted by Gasteiger charge is -2.26. The fraction of sp³-hybridized carbons (Fsp3) is 0.120. The Hall–Kier alpha value is -3.03. The Kier molecular flexibility index (Phi) is 5.53. The molecule has 32 heavy (non-hydrogen) atoms. The number of rotatable bonds is 4. The highest BCUT2D eigenvalue weighted by Crippen LogP contribution is 2.43. The molecule has 2 aromatic heterocycles. The number of aromatic nitrogens is 1. The molecule has 1 N–H and O–H groups in total. The molecular formula is C25H19BrFN3OS. The van der Waals surface area contributed by atoms with Gasteiger partial charge in [0, 0.05) is 16.4 Å². The SMILES string of the molecule is Cc1cccc(N2C(=S)N[C@@H](c3ccccn3)[C@H]2c2ccc(-c3ccc(Br)cc3F)o2)c1. The highest BCUT2D eigenvalue weighted by atomic mass is 79.9. The van der Waals surface area contributed by atoms with Gasteiger partial charge >= 0.3 is 0 Å². The van der Waals surface area contributed by atoms with Gasteiger partial charge in [0.2, 0.25) is 0 Å². The lowest BCUT2D eigenvalue weighted by molar-refractivity contribution is 0.438. The van der Waals surface area contributed by atoms with Crippen molar-refractivity contribution in [1.29, 1.82) is 0 Å². The van der Waals surface area contributed by atoms with Crippen LogP contribution in [0.1, 0.15) is 29.1 Å². The number of nitrogens with one attached hydrogen (secondary N) is 1. The van der Waals surface area contributed by atoms with Crippen molar-refractivity contribution in [3.63, 3.8) is 0 Å². The van der Waals surface area contributed by atoms with Crippen LogP contribution in [-0.4, -0.2) is 10.1 Å². The third-order valence-electron chi connectivity index (χ3n) is 5.49. The standard InChI is InChI=1S/C25H19BrFN3OS/c1-15-5-4-6-17(13-15)30-24(23(29-25(30)32)20-7-2-3-12-28-20)22-11-10-21(31-22)18-9-8-16(26)14-19(18)27/h2-14,23-24H,1H3,(H,29,32)/t23-,24+/m0/s1. The van der Waals surface area contributed by atoms with Gasteiger partial charge in [-0.05, 0) is 79.3 Å². The molecule has 0 saturated carbocycles. The topological polar surface area (TPSA) is 41.3 Å². The molecule has 1 aliphatic heterocycles. The lowest BCUT2D eigenvalue weighted by atomic mass is 10.0. The number of anilines is 1. The second-order valence-corrected chi connectivity index (χ2v) is 8.96. The molecule has 160 valence electrons. The van der Waals surface area contributed by atoms with Gasteiger partial charge in [-0.1, -0.05) is 34.1 Å². The van der Waals surface area contributed by atoms with Crippen LogP contribution in [0.15, 0.2) is 87.9 Å². The van der Waals surface area contributed by atoms with Crippen LogP contribution in [0.25, 0.3) is 11.3 Å². The molecule has 0 amide bonds. The second kappa shape index (κ2) is 8.48. The predicted molar refractivity (Wildman–Crippen MR) is 131 cm³/mol. The first-order chi connectivity index (χ1) is 15.5. The van der Waals surface area contributed by atoms with Gasteiger partial charge in [0.25, 0.3) is 0 Å². The van der Waals surface area contributed by atoms with Crippen molar-refractivity contribution in [2.75, 3.05) is 4.90 Å². The van der Waals surface area contributed by atoms with Crippen LogP contribution < -0.4 is 10.2 Å². The molecule has 5 rings (SSSR count). The number of halogens is 2. The van der Waals surface area contributed by atoms with Crippen LogP contribution in [0.2, 0.25) is 0 Å². The average molecular weight is 508 g/mol. The van der Waals surface area contributed by atoms with Crippen LogP contribution in [0.4, 0.5) is 10.1 Å². The number of aryl methyl sites for hydroxylation is 1. The molecule has 0 bridgehead atoms. The van der Waals surface area contributed by atoms with Gasteiger partial charge in [0.15, 0.2) is 5.11 Å². The summed E-state index contributed by atoms with van der Waals surface area (Å²) in [5, 5.41) is 4.00. The van der Waals surface area contributed by atoms with Crippen LogP contribution in [0.5, 0.6) is 0 Å². The highest BCUT2D eigenvalue weighted by Gasteiger charge is 2.42. The fourth-order valence-electron chi connectivity index (χ4n) is 4.05. The molecule has 4 nitrogen and oxygen atoms in total. The number of nitrogens with zero attached hydrogens (tertiary/aromatic N) is 2. The minimum Gasteiger partial charge on any atom is -0.459 e. The van der Waals surface area contributed by atoms with E-state index in [1.807, 2.05) is 54.3 Å². The van der Waals surface area contributed by atoms with Crippen molar-refractivity contribution in [2.45, 2.75) is 19.0 Å². The lowest BCUT2D eigenvalue weighted by Crippen LogP contribution is -2.29. The summed E-state index contributed by atoms with van der Waals surface area (Å²) in [6, 6.07) is 22.0. The first-order valence-electron chi connectivity index (χ1n) is 10.1. The van der Waals surface area contributed by atoms with E-state index in [9.17, 15) is 4.39 Å². The van der Waals surface area contributed by atoms with Crippen LogP contribution >= 0.6 is 28.1 Å². The van der Waals surface area contributed by atoms with Gasteiger partial charge in [-0.15, -0.1) is 0 Å². The minimum atomic E-state index is -0.350. The third kappa shape index (κ3) is 3.82. The first kappa shape index (κ1) is 20.8. The van der Waals surface area contributed by atoms with Crippen molar-refractivity contribution in [3.8, 4) is 11.3 Å². The summed E-state index contributed by atoms with van der Waals surface area (Å²) in [5.74, 6) is 0.788. The number of thiocarbonyl (C=S) groups is 1.